The lowest BCUT2D eigenvalue weighted by Gasteiger charge is -2.26. The molecule has 78 valence electrons. The molecule has 0 aliphatic carbocycles. The Hall–Kier alpha value is 0.0300. The highest BCUT2D eigenvalue weighted by Crippen LogP contribution is 2.33. The summed E-state index contributed by atoms with van der Waals surface area (Å²) >= 11 is 4.87. The second-order valence-electron chi connectivity index (χ2n) is 3.56. The van der Waals surface area contributed by atoms with E-state index in [-0.39, 0.29) is 6.10 Å². The minimum Gasteiger partial charge on any atom is -0.387 e. The maximum Gasteiger partial charge on any atom is 0.122 e. The second-order valence-corrected chi connectivity index (χ2v) is 5.20. The van der Waals surface area contributed by atoms with Crippen LogP contribution in [0.2, 0.25) is 0 Å². The van der Waals surface area contributed by atoms with Crippen LogP contribution >= 0.6 is 27.3 Å². The monoisotopic (exact) mass is 276 g/mol. The molecule has 3 nitrogen and oxygen atoms in total. The van der Waals surface area contributed by atoms with Crippen molar-refractivity contribution in [1.29, 1.82) is 0 Å². The summed E-state index contributed by atoms with van der Waals surface area (Å²) in [7, 11) is 0. The van der Waals surface area contributed by atoms with Crippen LogP contribution in [0.15, 0.2) is 10.1 Å². The lowest BCUT2D eigenvalue weighted by molar-refractivity contribution is 0.0945. The third-order valence-electron chi connectivity index (χ3n) is 2.60. The van der Waals surface area contributed by atoms with Gasteiger partial charge in [0.1, 0.15) is 4.60 Å². The molecule has 1 aromatic heterocycles. The van der Waals surface area contributed by atoms with Gasteiger partial charge in [0.15, 0.2) is 0 Å². The van der Waals surface area contributed by atoms with E-state index in [9.17, 15) is 5.11 Å². The van der Waals surface area contributed by atoms with Gasteiger partial charge in [0.05, 0.1) is 16.5 Å². The molecule has 5 heteroatoms. The Morgan fingerprint density at radius 3 is 3.14 bits per heavy atom. The van der Waals surface area contributed by atoms with E-state index < -0.39 is 0 Å². The van der Waals surface area contributed by atoms with Crippen LogP contribution < -0.4 is 5.32 Å². The van der Waals surface area contributed by atoms with Crippen molar-refractivity contribution in [3.05, 3.63) is 15.0 Å². The molecular formula is C9H13BrN2OS. The maximum absolute atomic E-state index is 10.1. The summed E-state index contributed by atoms with van der Waals surface area (Å²) in [6.07, 6.45) is 1.88. The van der Waals surface area contributed by atoms with E-state index in [0.717, 1.165) is 35.4 Å². The number of rotatable bonds is 2. The number of aliphatic hydroxyl groups excluding tert-OH is 1. The lowest BCUT2D eigenvalue weighted by atomic mass is 9.93. The van der Waals surface area contributed by atoms with Gasteiger partial charge in [-0.3, -0.25) is 0 Å². The Kier molecular flexibility index (Phi) is 3.54. The van der Waals surface area contributed by atoms with Crippen molar-refractivity contribution in [2.75, 3.05) is 13.1 Å². The number of halogens is 1. The molecule has 2 rings (SSSR count). The largest absolute Gasteiger partial charge is 0.387 e. The van der Waals surface area contributed by atoms with E-state index in [1.165, 1.54) is 11.3 Å². The first kappa shape index (κ1) is 10.5. The molecule has 14 heavy (non-hydrogen) atoms. The summed E-state index contributed by atoms with van der Waals surface area (Å²) < 4.78 is 0.792. The normalized spacial score (nSPS) is 24.9. The fourth-order valence-electron chi connectivity index (χ4n) is 1.80. The molecule has 1 aliphatic rings. The lowest BCUT2D eigenvalue weighted by Crippen LogP contribution is -2.33. The van der Waals surface area contributed by atoms with Crippen LogP contribution in [0.1, 0.15) is 23.8 Å². The average Bonchev–Trinajstić information content (AvgIpc) is 2.65. The quantitative estimate of drug-likeness (QED) is 0.868. The van der Waals surface area contributed by atoms with Crippen molar-refractivity contribution in [3.8, 4) is 0 Å². The van der Waals surface area contributed by atoms with Crippen molar-refractivity contribution in [2.24, 2.45) is 5.92 Å². The second kappa shape index (κ2) is 4.70. The van der Waals surface area contributed by atoms with E-state index in [1.54, 1.807) is 5.51 Å². The number of aliphatic hydroxyl groups is 1. The van der Waals surface area contributed by atoms with Gasteiger partial charge in [-0.05, 0) is 35.3 Å². The van der Waals surface area contributed by atoms with Crippen molar-refractivity contribution < 1.29 is 5.11 Å². The third-order valence-corrected chi connectivity index (χ3v) is 4.39. The van der Waals surface area contributed by atoms with Gasteiger partial charge >= 0.3 is 0 Å². The number of aromatic nitrogens is 1. The van der Waals surface area contributed by atoms with Gasteiger partial charge in [0.2, 0.25) is 0 Å². The molecule has 1 saturated heterocycles. The predicted octanol–water partition coefficient (Wildman–Crippen LogP) is 1.94. The number of nitrogens with zero attached hydrogens (tertiary/aromatic N) is 1. The summed E-state index contributed by atoms with van der Waals surface area (Å²) in [4.78, 5) is 5.04. The SMILES string of the molecule is OC(c1scnc1Br)C1CCCNC1. The zero-order valence-corrected chi connectivity index (χ0v) is 10.1. The number of piperidine rings is 1. The van der Waals surface area contributed by atoms with Gasteiger partial charge in [0.25, 0.3) is 0 Å². The zero-order valence-electron chi connectivity index (χ0n) is 7.74. The van der Waals surface area contributed by atoms with Crippen LogP contribution in [0.5, 0.6) is 0 Å². The number of thiazole rings is 1. The van der Waals surface area contributed by atoms with Crippen LogP contribution in [0, 0.1) is 5.92 Å². The topological polar surface area (TPSA) is 45.2 Å². The van der Waals surface area contributed by atoms with Gasteiger partial charge in [-0.15, -0.1) is 11.3 Å². The number of nitrogens with one attached hydrogen (secondary N) is 1. The zero-order chi connectivity index (χ0) is 9.97. The standard InChI is InChI=1S/C9H13BrN2OS/c10-9-8(14-5-12-9)7(13)6-2-1-3-11-4-6/h5-7,11,13H,1-4H2. The van der Waals surface area contributed by atoms with E-state index in [0.29, 0.717) is 5.92 Å². The summed E-state index contributed by atoms with van der Waals surface area (Å²) in [6, 6.07) is 0. The smallest absolute Gasteiger partial charge is 0.122 e. The van der Waals surface area contributed by atoms with E-state index in [4.69, 9.17) is 0 Å². The van der Waals surface area contributed by atoms with E-state index in [1.807, 2.05) is 0 Å². The molecule has 1 aromatic rings. The molecule has 1 aliphatic heterocycles. The van der Waals surface area contributed by atoms with Gasteiger partial charge in [-0.1, -0.05) is 0 Å². The van der Waals surface area contributed by atoms with Crippen molar-refractivity contribution >= 4 is 27.3 Å². The molecule has 0 amide bonds. The molecule has 2 heterocycles. The van der Waals surface area contributed by atoms with E-state index >= 15 is 0 Å². The molecule has 1 fully saturated rings. The van der Waals surface area contributed by atoms with Crippen LogP contribution in [-0.4, -0.2) is 23.2 Å². The maximum atomic E-state index is 10.1. The molecule has 2 atom stereocenters. The molecule has 2 N–H and O–H groups in total. The predicted molar refractivity (Wildman–Crippen MR) is 60.4 cm³/mol. The minimum atomic E-state index is -0.371. The first-order valence-electron chi connectivity index (χ1n) is 4.76. The fraction of sp³-hybridized carbons (Fsp3) is 0.667. The molecule has 0 bridgehead atoms. The number of hydrogen-bond donors (Lipinski definition) is 2. The van der Waals surface area contributed by atoms with Crippen LogP contribution in [0.25, 0.3) is 0 Å². The van der Waals surface area contributed by atoms with Crippen LogP contribution in [0.3, 0.4) is 0 Å². The van der Waals surface area contributed by atoms with Crippen molar-refractivity contribution in [2.45, 2.75) is 18.9 Å². The summed E-state index contributed by atoms with van der Waals surface area (Å²) in [6.45, 7) is 1.98. The van der Waals surface area contributed by atoms with Crippen molar-refractivity contribution in [3.63, 3.8) is 0 Å². The van der Waals surface area contributed by atoms with E-state index in [2.05, 4.69) is 26.2 Å². The third kappa shape index (κ3) is 2.16. The average molecular weight is 277 g/mol. The first-order chi connectivity index (χ1) is 6.79. The summed E-state index contributed by atoms with van der Waals surface area (Å²) in [5.41, 5.74) is 1.76. The summed E-state index contributed by atoms with van der Waals surface area (Å²) in [5, 5.41) is 13.4. The molecule has 2 unspecified atom stereocenters. The Bertz CT molecular complexity index is 299. The summed E-state index contributed by atoms with van der Waals surface area (Å²) in [5.74, 6) is 0.334. The Morgan fingerprint density at radius 1 is 1.71 bits per heavy atom. The first-order valence-corrected chi connectivity index (χ1v) is 6.44. The Balaban J connectivity index is 2.07. The molecule has 0 radical (unpaired) electrons. The Labute approximate surface area is 95.7 Å². The van der Waals surface area contributed by atoms with Gasteiger partial charge in [-0.25, -0.2) is 4.98 Å². The Morgan fingerprint density at radius 2 is 2.57 bits per heavy atom. The van der Waals surface area contributed by atoms with Crippen LogP contribution in [0.4, 0.5) is 0 Å². The van der Waals surface area contributed by atoms with Gasteiger partial charge in [-0.2, -0.15) is 0 Å². The highest BCUT2D eigenvalue weighted by molar-refractivity contribution is 9.10. The van der Waals surface area contributed by atoms with Gasteiger partial charge < -0.3 is 10.4 Å². The molecular weight excluding hydrogens is 264 g/mol. The highest BCUT2D eigenvalue weighted by atomic mass is 79.9. The highest BCUT2D eigenvalue weighted by Gasteiger charge is 2.25. The minimum absolute atomic E-state index is 0.334. The molecule has 0 spiro atoms. The fourth-order valence-corrected chi connectivity index (χ4v) is 3.30. The van der Waals surface area contributed by atoms with Gasteiger partial charge in [0, 0.05) is 12.5 Å². The molecule has 0 aromatic carbocycles. The van der Waals surface area contributed by atoms with Crippen LogP contribution in [-0.2, 0) is 0 Å². The number of hydrogen-bond acceptors (Lipinski definition) is 4. The van der Waals surface area contributed by atoms with Crippen molar-refractivity contribution in [1.82, 2.24) is 10.3 Å². The molecule has 0 saturated carbocycles.